The number of hydrogen-bond donors (Lipinski definition) is 3. The normalized spacial score (nSPS) is 16.3. The molecule has 0 bridgehead atoms. The molecule has 7 nitrogen and oxygen atoms in total. The molecule has 1 saturated carbocycles. The van der Waals surface area contributed by atoms with Gasteiger partial charge in [0.1, 0.15) is 12.0 Å². The van der Waals surface area contributed by atoms with E-state index in [1.807, 2.05) is 18.2 Å². The van der Waals surface area contributed by atoms with Gasteiger partial charge in [-0.05, 0) is 30.5 Å². The molecule has 24 heavy (non-hydrogen) atoms. The summed E-state index contributed by atoms with van der Waals surface area (Å²) in [5.41, 5.74) is 7.85. The van der Waals surface area contributed by atoms with Crippen LogP contribution in [0, 0.1) is 0 Å². The zero-order valence-electron chi connectivity index (χ0n) is 13.4. The van der Waals surface area contributed by atoms with Crippen LogP contribution in [0.25, 0.3) is 0 Å². The van der Waals surface area contributed by atoms with Crippen LogP contribution in [0.2, 0.25) is 0 Å². The highest BCUT2D eigenvalue weighted by molar-refractivity contribution is 5.74. The van der Waals surface area contributed by atoms with Gasteiger partial charge in [0.2, 0.25) is 6.79 Å². The van der Waals surface area contributed by atoms with E-state index in [-0.39, 0.29) is 6.79 Å². The molecule has 2 aromatic rings. The molecule has 1 aromatic heterocycles. The molecule has 1 aromatic carbocycles. The molecule has 0 radical (unpaired) electrons. The van der Waals surface area contributed by atoms with Crippen LogP contribution in [0.4, 0.5) is 17.3 Å². The number of aromatic nitrogens is 2. The fraction of sp³-hybridized carbons (Fsp3) is 0.412. The van der Waals surface area contributed by atoms with Crippen LogP contribution in [-0.2, 0) is 6.54 Å². The van der Waals surface area contributed by atoms with Crippen molar-refractivity contribution in [3.8, 4) is 11.5 Å². The van der Waals surface area contributed by atoms with Crippen LogP contribution in [0.5, 0.6) is 11.5 Å². The van der Waals surface area contributed by atoms with Gasteiger partial charge in [0, 0.05) is 12.6 Å². The largest absolute Gasteiger partial charge is 0.454 e. The molecule has 2 aliphatic rings. The number of anilines is 3. The third-order valence-corrected chi connectivity index (χ3v) is 4.48. The first-order chi connectivity index (χ1) is 11.8. The monoisotopic (exact) mass is 327 g/mol. The first-order valence-corrected chi connectivity index (χ1v) is 8.29. The molecule has 0 spiro atoms. The molecule has 1 aliphatic heterocycles. The van der Waals surface area contributed by atoms with Crippen LogP contribution in [0.15, 0.2) is 24.5 Å². The molecule has 0 amide bonds. The molecule has 0 atom stereocenters. The number of nitrogen functional groups attached to an aromatic ring is 1. The number of nitrogens with two attached hydrogens (primary N) is 1. The number of fused-ring (bicyclic) bond motifs is 1. The number of nitrogens with zero attached hydrogens (tertiary/aromatic N) is 2. The SMILES string of the molecule is Nc1c(NCc2ccc3c(c2)OCO3)ncnc1NC1CCCC1. The number of nitrogens with one attached hydrogen (secondary N) is 2. The van der Waals surface area contributed by atoms with Crippen molar-refractivity contribution in [3.63, 3.8) is 0 Å². The third kappa shape index (κ3) is 3.02. The molecule has 126 valence electrons. The Morgan fingerprint density at radius 2 is 1.88 bits per heavy atom. The highest BCUT2D eigenvalue weighted by Gasteiger charge is 2.18. The van der Waals surface area contributed by atoms with Crippen molar-refractivity contribution < 1.29 is 9.47 Å². The average molecular weight is 327 g/mol. The van der Waals surface area contributed by atoms with Gasteiger partial charge in [-0.3, -0.25) is 0 Å². The second kappa shape index (κ2) is 6.43. The Balaban J connectivity index is 1.44. The first-order valence-electron chi connectivity index (χ1n) is 8.29. The van der Waals surface area contributed by atoms with Crippen molar-refractivity contribution in [2.45, 2.75) is 38.3 Å². The van der Waals surface area contributed by atoms with Gasteiger partial charge in [0.05, 0.1) is 0 Å². The summed E-state index contributed by atoms with van der Waals surface area (Å²) in [4.78, 5) is 8.54. The zero-order valence-corrected chi connectivity index (χ0v) is 13.4. The smallest absolute Gasteiger partial charge is 0.231 e. The van der Waals surface area contributed by atoms with Gasteiger partial charge in [-0.2, -0.15) is 0 Å². The second-order valence-corrected chi connectivity index (χ2v) is 6.15. The number of hydrogen-bond acceptors (Lipinski definition) is 7. The summed E-state index contributed by atoms with van der Waals surface area (Å²) >= 11 is 0. The maximum atomic E-state index is 6.22. The average Bonchev–Trinajstić information content (AvgIpc) is 3.26. The van der Waals surface area contributed by atoms with Gasteiger partial charge in [0.25, 0.3) is 0 Å². The number of benzene rings is 1. The summed E-state index contributed by atoms with van der Waals surface area (Å²) in [6, 6.07) is 6.33. The Kier molecular flexibility index (Phi) is 3.98. The minimum absolute atomic E-state index is 0.279. The summed E-state index contributed by atoms with van der Waals surface area (Å²) < 4.78 is 10.7. The molecule has 1 aliphatic carbocycles. The van der Waals surface area contributed by atoms with Gasteiger partial charge in [0.15, 0.2) is 23.1 Å². The molecular weight excluding hydrogens is 306 g/mol. The van der Waals surface area contributed by atoms with Gasteiger partial charge in [-0.25, -0.2) is 9.97 Å². The summed E-state index contributed by atoms with van der Waals surface area (Å²) in [5, 5.41) is 6.70. The number of rotatable bonds is 5. The summed E-state index contributed by atoms with van der Waals surface area (Å²) in [5.74, 6) is 2.91. The molecule has 4 rings (SSSR count). The standard InChI is InChI=1S/C17H21N5O2/c18-15-16(20-9-21-17(15)22-12-3-1-2-4-12)19-8-11-5-6-13-14(7-11)24-10-23-13/h5-7,9,12H,1-4,8,10,18H2,(H2,19,20,21,22). The third-order valence-electron chi connectivity index (χ3n) is 4.48. The Labute approximate surface area is 140 Å². The zero-order chi connectivity index (χ0) is 16.4. The van der Waals surface area contributed by atoms with E-state index in [0.29, 0.717) is 29.9 Å². The van der Waals surface area contributed by atoms with E-state index >= 15 is 0 Å². The van der Waals surface area contributed by atoms with Gasteiger partial charge in [-0.15, -0.1) is 0 Å². The Hall–Kier alpha value is -2.70. The predicted molar refractivity (Wildman–Crippen MR) is 92.2 cm³/mol. The van der Waals surface area contributed by atoms with E-state index < -0.39 is 0 Å². The minimum Gasteiger partial charge on any atom is -0.454 e. The highest BCUT2D eigenvalue weighted by atomic mass is 16.7. The molecule has 1 fully saturated rings. The van der Waals surface area contributed by atoms with Gasteiger partial charge < -0.3 is 25.8 Å². The maximum absolute atomic E-state index is 6.22. The van der Waals surface area contributed by atoms with Crippen molar-refractivity contribution in [1.82, 2.24) is 9.97 Å². The van der Waals surface area contributed by atoms with E-state index in [1.54, 1.807) is 0 Å². The lowest BCUT2D eigenvalue weighted by Crippen LogP contribution is -2.18. The second-order valence-electron chi connectivity index (χ2n) is 6.15. The summed E-state index contributed by atoms with van der Waals surface area (Å²) in [6.07, 6.45) is 6.40. The fourth-order valence-electron chi connectivity index (χ4n) is 3.15. The van der Waals surface area contributed by atoms with Crippen molar-refractivity contribution in [2.75, 3.05) is 23.2 Å². The maximum Gasteiger partial charge on any atom is 0.231 e. The highest BCUT2D eigenvalue weighted by Crippen LogP contribution is 2.33. The topological polar surface area (TPSA) is 94.3 Å². The van der Waals surface area contributed by atoms with Gasteiger partial charge in [-0.1, -0.05) is 18.9 Å². The fourth-order valence-corrected chi connectivity index (χ4v) is 3.15. The molecule has 0 saturated heterocycles. The van der Waals surface area contributed by atoms with E-state index in [1.165, 1.54) is 32.0 Å². The van der Waals surface area contributed by atoms with E-state index in [4.69, 9.17) is 15.2 Å². The van der Waals surface area contributed by atoms with Crippen LogP contribution in [0.1, 0.15) is 31.2 Å². The quantitative estimate of drug-likeness (QED) is 0.777. The van der Waals surface area contributed by atoms with Crippen LogP contribution in [-0.4, -0.2) is 22.8 Å². The van der Waals surface area contributed by atoms with E-state index in [0.717, 1.165) is 17.1 Å². The molecular formula is C17H21N5O2. The molecule has 7 heteroatoms. The number of ether oxygens (including phenoxy) is 2. The van der Waals surface area contributed by atoms with Crippen LogP contribution in [0.3, 0.4) is 0 Å². The molecule has 0 unspecified atom stereocenters. The van der Waals surface area contributed by atoms with Crippen molar-refractivity contribution >= 4 is 17.3 Å². The Bertz CT molecular complexity index is 731. The van der Waals surface area contributed by atoms with Crippen molar-refractivity contribution in [1.29, 1.82) is 0 Å². The lowest BCUT2D eigenvalue weighted by atomic mass is 10.2. The van der Waals surface area contributed by atoms with Crippen LogP contribution < -0.4 is 25.8 Å². The molecule has 2 heterocycles. The minimum atomic E-state index is 0.279. The van der Waals surface area contributed by atoms with Crippen molar-refractivity contribution in [3.05, 3.63) is 30.1 Å². The first kappa shape index (κ1) is 14.9. The lowest BCUT2D eigenvalue weighted by molar-refractivity contribution is 0.174. The van der Waals surface area contributed by atoms with E-state index in [9.17, 15) is 0 Å². The molecule has 4 N–H and O–H groups in total. The van der Waals surface area contributed by atoms with Crippen LogP contribution >= 0.6 is 0 Å². The van der Waals surface area contributed by atoms with Crippen molar-refractivity contribution in [2.24, 2.45) is 0 Å². The van der Waals surface area contributed by atoms with E-state index in [2.05, 4.69) is 20.6 Å². The lowest BCUT2D eigenvalue weighted by Gasteiger charge is -2.16. The Morgan fingerprint density at radius 1 is 1.08 bits per heavy atom. The van der Waals surface area contributed by atoms with Gasteiger partial charge >= 0.3 is 0 Å². The Morgan fingerprint density at radius 3 is 2.75 bits per heavy atom. The summed E-state index contributed by atoms with van der Waals surface area (Å²) in [6.45, 7) is 0.877. The summed E-state index contributed by atoms with van der Waals surface area (Å²) in [7, 11) is 0. The predicted octanol–water partition coefficient (Wildman–Crippen LogP) is 2.75.